The van der Waals surface area contributed by atoms with E-state index in [1.807, 2.05) is 18.2 Å². The number of halogens is 3. The average molecular weight is 360 g/mol. The summed E-state index contributed by atoms with van der Waals surface area (Å²) in [5, 5.41) is 0. The van der Waals surface area contributed by atoms with E-state index in [0.717, 1.165) is 14.5 Å². The number of nitrogens with zero attached hydrogens (tertiary/aromatic N) is 1. The van der Waals surface area contributed by atoms with E-state index >= 15 is 0 Å². The van der Waals surface area contributed by atoms with Gasteiger partial charge in [-0.3, -0.25) is 4.98 Å². The van der Waals surface area contributed by atoms with E-state index in [9.17, 15) is 4.39 Å². The van der Waals surface area contributed by atoms with Gasteiger partial charge in [0.2, 0.25) is 0 Å². The Morgan fingerprint density at radius 2 is 1.94 bits per heavy atom. The summed E-state index contributed by atoms with van der Waals surface area (Å²) in [6.07, 6.45) is 2.70. The Labute approximate surface area is 115 Å². The summed E-state index contributed by atoms with van der Waals surface area (Å²) in [4.78, 5) is 3.71. The van der Waals surface area contributed by atoms with E-state index < -0.39 is 11.9 Å². The quantitative estimate of drug-likeness (QED) is 0.885. The molecule has 17 heavy (non-hydrogen) atoms. The number of hydrogen-bond donors (Lipinski definition) is 1. The van der Waals surface area contributed by atoms with Crippen molar-refractivity contribution in [2.24, 2.45) is 5.73 Å². The van der Waals surface area contributed by atoms with E-state index in [0.29, 0.717) is 5.56 Å². The highest BCUT2D eigenvalue weighted by atomic mass is 79.9. The van der Waals surface area contributed by atoms with E-state index in [1.165, 1.54) is 12.4 Å². The zero-order valence-electron chi connectivity index (χ0n) is 8.70. The van der Waals surface area contributed by atoms with Gasteiger partial charge in [-0.15, -0.1) is 0 Å². The largest absolute Gasteiger partial charge is 0.320 e. The molecule has 1 heterocycles. The number of benzene rings is 1. The van der Waals surface area contributed by atoms with Crippen molar-refractivity contribution in [3.05, 3.63) is 62.5 Å². The van der Waals surface area contributed by atoms with Crippen molar-refractivity contribution in [1.29, 1.82) is 0 Å². The highest BCUT2D eigenvalue weighted by Crippen LogP contribution is 2.30. The summed E-state index contributed by atoms with van der Waals surface area (Å²) < 4.78 is 15.3. The maximum Gasteiger partial charge on any atom is 0.146 e. The van der Waals surface area contributed by atoms with Crippen molar-refractivity contribution in [2.45, 2.75) is 6.04 Å². The molecule has 1 aromatic carbocycles. The van der Waals surface area contributed by atoms with Crippen LogP contribution in [0.4, 0.5) is 4.39 Å². The first-order chi connectivity index (χ1) is 8.09. The van der Waals surface area contributed by atoms with Gasteiger partial charge in [0.1, 0.15) is 5.82 Å². The molecule has 2 rings (SSSR count). The van der Waals surface area contributed by atoms with Crippen molar-refractivity contribution >= 4 is 31.9 Å². The van der Waals surface area contributed by atoms with Gasteiger partial charge in [0.25, 0.3) is 0 Å². The van der Waals surface area contributed by atoms with E-state index in [-0.39, 0.29) is 0 Å². The van der Waals surface area contributed by atoms with Gasteiger partial charge in [-0.25, -0.2) is 4.39 Å². The number of aromatic nitrogens is 1. The second kappa shape index (κ2) is 5.25. The summed E-state index contributed by atoms with van der Waals surface area (Å²) >= 11 is 6.79. The third kappa shape index (κ3) is 2.73. The molecule has 1 aromatic heterocycles. The van der Waals surface area contributed by atoms with Crippen LogP contribution in [-0.4, -0.2) is 4.98 Å². The molecule has 88 valence electrons. The number of hydrogen-bond acceptors (Lipinski definition) is 2. The summed E-state index contributed by atoms with van der Waals surface area (Å²) in [5.41, 5.74) is 7.32. The Balaban J connectivity index is 2.47. The molecule has 2 N–H and O–H groups in total. The molecule has 2 nitrogen and oxygen atoms in total. The molecule has 0 spiro atoms. The molecule has 2 aromatic rings. The molecule has 1 atom stereocenters. The van der Waals surface area contributed by atoms with Gasteiger partial charge in [-0.1, -0.05) is 31.9 Å². The first-order valence-corrected chi connectivity index (χ1v) is 6.48. The fourth-order valence-corrected chi connectivity index (χ4v) is 2.43. The van der Waals surface area contributed by atoms with Crippen molar-refractivity contribution in [1.82, 2.24) is 4.98 Å². The fraction of sp³-hybridized carbons (Fsp3) is 0.0833. The Hall–Kier alpha value is -0.780. The van der Waals surface area contributed by atoms with Crippen LogP contribution in [0.15, 0.2) is 45.6 Å². The average Bonchev–Trinajstić information content (AvgIpc) is 2.32. The van der Waals surface area contributed by atoms with Crippen molar-refractivity contribution in [3.8, 4) is 0 Å². The summed E-state index contributed by atoms with van der Waals surface area (Å²) in [6.45, 7) is 0. The molecule has 0 aliphatic heterocycles. The van der Waals surface area contributed by atoms with Crippen LogP contribution in [0.5, 0.6) is 0 Å². The summed E-state index contributed by atoms with van der Waals surface area (Å²) in [6, 6.07) is 6.70. The number of pyridine rings is 1. The number of rotatable bonds is 2. The van der Waals surface area contributed by atoms with Crippen molar-refractivity contribution in [3.63, 3.8) is 0 Å². The lowest BCUT2D eigenvalue weighted by atomic mass is 10.0. The van der Waals surface area contributed by atoms with Gasteiger partial charge in [-0.05, 0) is 29.8 Å². The molecule has 0 aliphatic carbocycles. The van der Waals surface area contributed by atoms with E-state index in [4.69, 9.17) is 5.73 Å². The standard InChI is InChI=1S/C12H9Br2FN2/c13-7-1-2-10(14)9(5-7)12(16)8-3-4-17-6-11(8)15/h1-6,12H,16H2. The Kier molecular flexibility index (Phi) is 3.91. The van der Waals surface area contributed by atoms with Gasteiger partial charge in [0, 0.05) is 20.7 Å². The third-order valence-electron chi connectivity index (χ3n) is 2.43. The van der Waals surface area contributed by atoms with Gasteiger partial charge < -0.3 is 5.73 Å². The molecule has 5 heteroatoms. The Bertz CT molecular complexity index is 546. The van der Waals surface area contributed by atoms with Crippen LogP contribution in [-0.2, 0) is 0 Å². The third-order valence-corrected chi connectivity index (χ3v) is 3.65. The molecule has 0 amide bonds. The molecule has 0 saturated heterocycles. The van der Waals surface area contributed by atoms with E-state index in [2.05, 4.69) is 36.8 Å². The predicted molar refractivity (Wildman–Crippen MR) is 72.1 cm³/mol. The smallest absolute Gasteiger partial charge is 0.146 e. The lowest BCUT2D eigenvalue weighted by molar-refractivity contribution is 0.593. The molecule has 0 aliphatic rings. The highest BCUT2D eigenvalue weighted by molar-refractivity contribution is 9.11. The zero-order valence-corrected chi connectivity index (χ0v) is 11.9. The SMILES string of the molecule is NC(c1ccncc1F)c1cc(Br)ccc1Br. The molecule has 1 unspecified atom stereocenters. The second-order valence-electron chi connectivity index (χ2n) is 3.54. The monoisotopic (exact) mass is 358 g/mol. The Morgan fingerprint density at radius 3 is 2.65 bits per heavy atom. The van der Waals surface area contributed by atoms with Gasteiger partial charge >= 0.3 is 0 Å². The Morgan fingerprint density at radius 1 is 1.18 bits per heavy atom. The molecule has 0 bridgehead atoms. The minimum atomic E-state index is -0.523. The predicted octanol–water partition coefficient (Wildman–Crippen LogP) is 3.79. The van der Waals surface area contributed by atoms with Crippen molar-refractivity contribution in [2.75, 3.05) is 0 Å². The first kappa shape index (κ1) is 12.7. The van der Waals surface area contributed by atoms with Crippen LogP contribution in [0.3, 0.4) is 0 Å². The summed E-state index contributed by atoms with van der Waals surface area (Å²) in [7, 11) is 0. The van der Waals surface area contributed by atoms with Crippen LogP contribution in [0.25, 0.3) is 0 Å². The van der Waals surface area contributed by atoms with Gasteiger partial charge in [-0.2, -0.15) is 0 Å². The van der Waals surface area contributed by atoms with Gasteiger partial charge in [0.05, 0.1) is 12.2 Å². The van der Waals surface area contributed by atoms with Crippen LogP contribution >= 0.6 is 31.9 Å². The first-order valence-electron chi connectivity index (χ1n) is 4.89. The normalized spacial score (nSPS) is 12.5. The minimum absolute atomic E-state index is 0.396. The maximum atomic E-state index is 13.6. The van der Waals surface area contributed by atoms with Crippen LogP contribution in [0, 0.1) is 5.82 Å². The molecule has 0 saturated carbocycles. The van der Waals surface area contributed by atoms with Crippen LogP contribution < -0.4 is 5.73 Å². The minimum Gasteiger partial charge on any atom is -0.320 e. The molecular formula is C12H9Br2FN2. The fourth-order valence-electron chi connectivity index (χ4n) is 1.56. The maximum absolute atomic E-state index is 13.6. The van der Waals surface area contributed by atoms with Crippen LogP contribution in [0.1, 0.15) is 17.2 Å². The molecular weight excluding hydrogens is 351 g/mol. The second-order valence-corrected chi connectivity index (χ2v) is 5.31. The van der Waals surface area contributed by atoms with E-state index in [1.54, 1.807) is 6.07 Å². The molecule has 0 fully saturated rings. The highest BCUT2D eigenvalue weighted by Gasteiger charge is 2.16. The van der Waals surface area contributed by atoms with Crippen molar-refractivity contribution < 1.29 is 4.39 Å². The van der Waals surface area contributed by atoms with Crippen LogP contribution in [0.2, 0.25) is 0 Å². The lowest BCUT2D eigenvalue weighted by Crippen LogP contribution is -2.14. The summed E-state index contributed by atoms with van der Waals surface area (Å²) in [5.74, 6) is -0.396. The lowest BCUT2D eigenvalue weighted by Gasteiger charge is -2.15. The number of nitrogens with two attached hydrogens (primary N) is 1. The van der Waals surface area contributed by atoms with Gasteiger partial charge in [0.15, 0.2) is 0 Å². The molecule has 0 radical (unpaired) electrons. The topological polar surface area (TPSA) is 38.9 Å². The zero-order chi connectivity index (χ0) is 12.4.